The molecule has 0 bridgehead atoms. The van der Waals surface area contributed by atoms with Crippen LogP contribution in [0.1, 0.15) is 31.5 Å². The lowest BCUT2D eigenvalue weighted by atomic mass is 9.87. The van der Waals surface area contributed by atoms with Crippen LogP contribution in [0.2, 0.25) is 0 Å². The van der Waals surface area contributed by atoms with E-state index in [2.05, 4.69) is 36.5 Å². The molecule has 0 saturated heterocycles. The third kappa shape index (κ3) is 4.28. The lowest BCUT2D eigenvalue weighted by Crippen LogP contribution is -2.43. The second kappa shape index (κ2) is 5.05. The molecule has 1 unspecified atom stereocenters. The van der Waals surface area contributed by atoms with E-state index < -0.39 is 0 Å². The monoisotopic (exact) mass is 227 g/mol. The molecule has 0 amide bonds. The molecule has 0 aliphatic heterocycles. The van der Waals surface area contributed by atoms with Crippen molar-refractivity contribution in [3.05, 3.63) is 16.1 Å². The number of aromatic nitrogens is 1. The fourth-order valence-corrected chi connectivity index (χ4v) is 1.87. The predicted molar refractivity (Wildman–Crippen MR) is 66.0 cm³/mol. The van der Waals surface area contributed by atoms with E-state index in [1.807, 2.05) is 6.92 Å². The van der Waals surface area contributed by atoms with Gasteiger partial charge in [0, 0.05) is 30.2 Å². The van der Waals surface area contributed by atoms with Crippen LogP contribution in [0.5, 0.6) is 0 Å². The molecule has 1 aromatic heterocycles. The van der Waals surface area contributed by atoms with Crippen molar-refractivity contribution in [2.24, 2.45) is 11.1 Å². The quantitative estimate of drug-likeness (QED) is 0.826. The summed E-state index contributed by atoms with van der Waals surface area (Å²) in [5.74, 6) is 0. The molecule has 0 aromatic carbocycles. The maximum absolute atomic E-state index is 6.04. The zero-order valence-electron chi connectivity index (χ0n) is 10.0. The van der Waals surface area contributed by atoms with Crippen molar-refractivity contribution in [1.29, 1.82) is 0 Å². The van der Waals surface area contributed by atoms with E-state index in [0.29, 0.717) is 0 Å². The average Bonchev–Trinajstić information content (AvgIpc) is 2.49. The van der Waals surface area contributed by atoms with Gasteiger partial charge in [0.25, 0.3) is 0 Å². The average molecular weight is 227 g/mol. The number of hydrogen-bond donors (Lipinski definition) is 2. The highest BCUT2D eigenvalue weighted by molar-refractivity contribution is 7.09. The Morgan fingerprint density at radius 1 is 1.53 bits per heavy atom. The lowest BCUT2D eigenvalue weighted by molar-refractivity contribution is 0.309. The molecule has 1 heterocycles. The van der Waals surface area contributed by atoms with Crippen LogP contribution in [0.25, 0.3) is 0 Å². The summed E-state index contributed by atoms with van der Waals surface area (Å²) in [6.45, 7) is 10.2. The molecule has 3 nitrogen and oxygen atoms in total. The maximum Gasteiger partial charge on any atom is 0.107 e. The standard InChI is InChI=1S/C11H21N3S/c1-8-7-15-10(14-8)6-13-5-9(12)11(2,3)4/h7,9,13H,5-6,12H2,1-4H3. The Labute approximate surface area is 96.1 Å². The molecule has 1 atom stereocenters. The van der Waals surface area contributed by atoms with Gasteiger partial charge in [-0.05, 0) is 12.3 Å². The number of nitrogens with one attached hydrogen (secondary N) is 1. The van der Waals surface area contributed by atoms with Crippen LogP contribution >= 0.6 is 11.3 Å². The first kappa shape index (κ1) is 12.6. The van der Waals surface area contributed by atoms with Gasteiger partial charge in [0.1, 0.15) is 5.01 Å². The van der Waals surface area contributed by atoms with Gasteiger partial charge in [0.2, 0.25) is 0 Å². The van der Waals surface area contributed by atoms with E-state index in [1.165, 1.54) is 0 Å². The van der Waals surface area contributed by atoms with Crippen LogP contribution in [0, 0.1) is 12.3 Å². The number of aryl methyl sites for hydroxylation is 1. The third-order valence-corrected chi connectivity index (χ3v) is 3.39. The molecule has 1 aromatic rings. The van der Waals surface area contributed by atoms with E-state index in [4.69, 9.17) is 5.73 Å². The first-order valence-corrected chi connectivity index (χ1v) is 6.15. The molecule has 0 radical (unpaired) electrons. The smallest absolute Gasteiger partial charge is 0.107 e. The van der Waals surface area contributed by atoms with Crippen LogP contribution in [-0.4, -0.2) is 17.6 Å². The molecular formula is C11H21N3S. The van der Waals surface area contributed by atoms with Gasteiger partial charge in [-0.25, -0.2) is 4.98 Å². The second-order valence-electron chi connectivity index (χ2n) is 4.99. The molecule has 0 aliphatic carbocycles. The fourth-order valence-electron chi connectivity index (χ4n) is 1.12. The molecule has 86 valence electrons. The van der Waals surface area contributed by atoms with Crippen LogP contribution in [-0.2, 0) is 6.54 Å². The van der Waals surface area contributed by atoms with Crippen molar-refractivity contribution >= 4 is 11.3 Å². The van der Waals surface area contributed by atoms with Crippen molar-refractivity contribution < 1.29 is 0 Å². The normalized spacial score (nSPS) is 14.2. The van der Waals surface area contributed by atoms with Crippen molar-refractivity contribution in [3.63, 3.8) is 0 Å². The second-order valence-corrected chi connectivity index (χ2v) is 5.93. The number of nitrogens with zero attached hydrogens (tertiary/aromatic N) is 1. The Morgan fingerprint density at radius 3 is 2.67 bits per heavy atom. The Balaban J connectivity index is 2.28. The van der Waals surface area contributed by atoms with Gasteiger partial charge in [0.15, 0.2) is 0 Å². The summed E-state index contributed by atoms with van der Waals surface area (Å²) in [4.78, 5) is 4.38. The molecule has 4 heteroatoms. The van der Waals surface area contributed by atoms with Gasteiger partial charge >= 0.3 is 0 Å². The number of hydrogen-bond acceptors (Lipinski definition) is 4. The maximum atomic E-state index is 6.04. The third-order valence-electron chi connectivity index (χ3n) is 2.42. The molecule has 0 spiro atoms. The highest BCUT2D eigenvalue weighted by Gasteiger charge is 2.19. The van der Waals surface area contributed by atoms with Crippen molar-refractivity contribution in [3.8, 4) is 0 Å². The summed E-state index contributed by atoms with van der Waals surface area (Å²) < 4.78 is 0. The molecule has 0 aliphatic rings. The van der Waals surface area contributed by atoms with Crippen LogP contribution in [0.3, 0.4) is 0 Å². The molecule has 3 N–H and O–H groups in total. The van der Waals surface area contributed by atoms with E-state index in [-0.39, 0.29) is 11.5 Å². The Bertz CT molecular complexity index is 301. The predicted octanol–water partition coefficient (Wildman–Crippen LogP) is 1.91. The van der Waals surface area contributed by atoms with Crippen LogP contribution in [0.4, 0.5) is 0 Å². The van der Waals surface area contributed by atoms with Gasteiger partial charge in [-0.1, -0.05) is 20.8 Å². The van der Waals surface area contributed by atoms with Crippen LogP contribution < -0.4 is 11.1 Å². The fraction of sp³-hybridized carbons (Fsp3) is 0.727. The zero-order valence-corrected chi connectivity index (χ0v) is 10.8. The summed E-state index contributed by atoms with van der Waals surface area (Å²) in [7, 11) is 0. The Morgan fingerprint density at radius 2 is 2.20 bits per heavy atom. The van der Waals surface area contributed by atoms with Crippen molar-refractivity contribution in [2.75, 3.05) is 6.54 Å². The Kier molecular flexibility index (Phi) is 4.25. The molecule has 0 fully saturated rings. The van der Waals surface area contributed by atoms with E-state index in [9.17, 15) is 0 Å². The number of rotatable bonds is 4. The highest BCUT2D eigenvalue weighted by atomic mass is 32.1. The van der Waals surface area contributed by atoms with Gasteiger partial charge in [-0.15, -0.1) is 11.3 Å². The summed E-state index contributed by atoms with van der Waals surface area (Å²) in [5.41, 5.74) is 7.29. The molecular weight excluding hydrogens is 206 g/mol. The van der Waals surface area contributed by atoms with Crippen molar-refractivity contribution in [1.82, 2.24) is 10.3 Å². The first-order chi connectivity index (χ1) is 6.89. The van der Waals surface area contributed by atoms with Gasteiger partial charge < -0.3 is 11.1 Å². The highest BCUT2D eigenvalue weighted by Crippen LogP contribution is 2.16. The summed E-state index contributed by atoms with van der Waals surface area (Å²) >= 11 is 1.69. The number of thiazole rings is 1. The number of nitrogens with two attached hydrogens (primary N) is 1. The van der Waals surface area contributed by atoms with E-state index >= 15 is 0 Å². The summed E-state index contributed by atoms with van der Waals surface area (Å²) in [6.07, 6.45) is 0. The largest absolute Gasteiger partial charge is 0.326 e. The summed E-state index contributed by atoms with van der Waals surface area (Å²) in [5, 5.41) is 6.55. The SMILES string of the molecule is Cc1csc(CNCC(N)C(C)(C)C)n1. The van der Waals surface area contributed by atoms with E-state index in [1.54, 1.807) is 11.3 Å². The first-order valence-electron chi connectivity index (χ1n) is 5.27. The minimum Gasteiger partial charge on any atom is -0.326 e. The van der Waals surface area contributed by atoms with Gasteiger partial charge in [-0.2, -0.15) is 0 Å². The van der Waals surface area contributed by atoms with E-state index in [0.717, 1.165) is 23.8 Å². The van der Waals surface area contributed by atoms with Crippen LogP contribution in [0.15, 0.2) is 5.38 Å². The minimum absolute atomic E-state index is 0.159. The molecule has 15 heavy (non-hydrogen) atoms. The Hall–Kier alpha value is -0.450. The summed E-state index contributed by atoms with van der Waals surface area (Å²) in [6, 6.07) is 0.179. The molecule has 1 rings (SSSR count). The van der Waals surface area contributed by atoms with Gasteiger partial charge in [0.05, 0.1) is 0 Å². The van der Waals surface area contributed by atoms with Gasteiger partial charge in [-0.3, -0.25) is 0 Å². The lowest BCUT2D eigenvalue weighted by Gasteiger charge is -2.27. The zero-order chi connectivity index (χ0) is 11.5. The topological polar surface area (TPSA) is 50.9 Å². The minimum atomic E-state index is 0.159. The van der Waals surface area contributed by atoms with Crippen molar-refractivity contribution in [2.45, 2.75) is 40.3 Å². The molecule has 0 saturated carbocycles.